The Hall–Kier alpha value is -2.30. The number of ether oxygens (including phenoxy) is 1. The van der Waals surface area contributed by atoms with E-state index in [4.69, 9.17) is 10.5 Å². The first-order chi connectivity index (χ1) is 9.17. The van der Waals surface area contributed by atoms with Gasteiger partial charge in [0, 0.05) is 17.1 Å². The number of benzene rings is 1. The number of hydrogen-bond donors (Lipinski definition) is 2. The van der Waals surface area contributed by atoms with Crippen LogP contribution in [0.25, 0.3) is 10.8 Å². The number of aromatic nitrogens is 1. The Balaban J connectivity index is 2.57. The van der Waals surface area contributed by atoms with Crippen molar-refractivity contribution in [2.45, 2.75) is 19.4 Å². The second-order valence-corrected chi connectivity index (χ2v) is 4.24. The van der Waals surface area contributed by atoms with Gasteiger partial charge in [0.25, 0.3) is 0 Å². The first-order valence-electron chi connectivity index (χ1n) is 6.15. The van der Waals surface area contributed by atoms with Gasteiger partial charge in [-0.25, -0.2) is 9.78 Å². The van der Waals surface area contributed by atoms with Crippen LogP contribution in [0.1, 0.15) is 24.9 Å². The van der Waals surface area contributed by atoms with Crippen molar-refractivity contribution in [2.24, 2.45) is 5.73 Å². The van der Waals surface area contributed by atoms with E-state index in [2.05, 4.69) is 10.3 Å². The van der Waals surface area contributed by atoms with Crippen LogP contribution in [0.2, 0.25) is 0 Å². The van der Waals surface area contributed by atoms with E-state index in [0.29, 0.717) is 5.88 Å². The molecule has 0 saturated carbocycles. The van der Waals surface area contributed by atoms with Gasteiger partial charge in [0.1, 0.15) is 0 Å². The van der Waals surface area contributed by atoms with Crippen LogP contribution in [-0.4, -0.2) is 18.1 Å². The van der Waals surface area contributed by atoms with Crippen LogP contribution < -0.4 is 15.8 Å². The van der Waals surface area contributed by atoms with E-state index in [1.807, 2.05) is 31.2 Å². The second-order valence-electron chi connectivity index (χ2n) is 4.24. The molecule has 1 aromatic carbocycles. The van der Waals surface area contributed by atoms with Crippen molar-refractivity contribution in [1.82, 2.24) is 10.3 Å². The number of methoxy groups -OCH3 is 1. The molecule has 1 unspecified atom stereocenters. The van der Waals surface area contributed by atoms with Crippen molar-refractivity contribution in [3.63, 3.8) is 0 Å². The summed E-state index contributed by atoms with van der Waals surface area (Å²) >= 11 is 0. The predicted molar refractivity (Wildman–Crippen MR) is 74.0 cm³/mol. The topological polar surface area (TPSA) is 77.2 Å². The molecule has 0 aliphatic heterocycles. The third-order valence-corrected chi connectivity index (χ3v) is 3.08. The Bertz CT molecular complexity index is 598. The summed E-state index contributed by atoms with van der Waals surface area (Å²) < 4.78 is 5.25. The molecule has 5 heteroatoms. The monoisotopic (exact) mass is 259 g/mol. The Morgan fingerprint density at radius 3 is 2.68 bits per heavy atom. The van der Waals surface area contributed by atoms with E-state index in [9.17, 15) is 4.79 Å². The van der Waals surface area contributed by atoms with Crippen molar-refractivity contribution >= 4 is 16.8 Å². The number of pyridine rings is 1. The molecule has 0 spiro atoms. The summed E-state index contributed by atoms with van der Waals surface area (Å²) in [5.74, 6) is 0.577. The van der Waals surface area contributed by atoms with Crippen LogP contribution in [-0.2, 0) is 0 Å². The smallest absolute Gasteiger partial charge is 0.312 e. The van der Waals surface area contributed by atoms with Gasteiger partial charge >= 0.3 is 6.03 Å². The van der Waals surface area contributed by atoms with E-state index in [1.54, 1.807) is 13.3 Å². The molecule has 19 heavy (non-hydrogen) atoms. The van der Waals surface area contributed by atoms with Crippen LogP contribution in [0.5, 0.6) is 5.88 Å². The van der Waals surface area contributed by atoms with Gasteiger partial charge in [-0.15, -0.1) is 0 Å². The van der Waals surface area contributed by atoms with Gasteiger partial charge in [-0.1, -0.05) is 25.1 Å². The number of carbonyl (C=O) groups is 1. The minimum atomic E-state index is -0.535. The SMILES string of the molecule is CCC(NC(N)=O)c1cnc(OC)c2ccccc12. The predicted octanol–water partition coefficient (Wildman–Crippen LogP) is 2.36. The van der Waals surface area contributed by atoms with Crippen molar-refractivity contribution < 1.29 is 9.53 Å². The van der Waals surface area contributed by atoms with Crippen LogP contribution >= 0.6 is 0 Å². The Labute approximate surface area is 111 Å². The highest BCUT2D eigenvalue weighted by molar-refractivity contribution is 5.90. The number of fused-ring (bicyclic) bond motifs is 1. The van der Waals surface area contributed by atoms with E-state index in [0.717, 1.165) is 22.8 Å². The number of amides is 2. The molecular weight excluding hydrogens is 242 g/mol. The summed E-state index contributed by atoms with van der Waals surface area (Å²) in [5, 5.41) is 4.67. The lowest BCUT2D eigenvalue weighted by Crippen LogP contribution is -2.33. The molecule has 2 aromatic rings. The van der Waals surface area contributed by atoms with Gasteiger partial charge in [-0.05, 0) is 17.9 Å². The van der Waals surface area contributed by atoms with Gasteiger partial charge in [-0.3, -0.25) is 0 Å². The molecule has 1 heterocycles. The molecule has 1 atom stereocenters. The highest BCUT2D eigenvalue weighted by atomic mass is 16.5. The molecule has 2 amide bonds. The molecule has 5 nitrogen and oxygen atoms in total. The molecule has 0 aliphatic rings. The molecule has 0 fully saturated rings. The fourth-order valence-corrected chi connectivity index (χ4v) is 2.20. The molecule has 3 N–H and O–H groups in total. The highest BCUT2D eigenvalue weighted by Crippen LogP contribution is 2.30. The lowest BCUT2D eigenvalue weighted by Gasteiger charge is -2.18. The van der Waals surface area contributed by atoms with E-state index in [-0.39, 0.29) is 6.04 Å². The molecule has 0 saturated heterocycles. The average Bonchev–Trinajstić information content (AvgIpc) is 2.43. The van der Waals surface area contributed by atoms with Gasteiger partial charge in [0.05, 0.1) is 13.2 Å². The number of nitrogens with one attached hydrogen (secondary N) is 1. The second kappa shape index (κ2) is 5.56. The van der Waals surface area contributed by atoms with E-state index in [1.165, 1.54) is 0 Å². The minimum Gasteiger partial charge on any atom is -0.481 e. The summed E-state index contributed by atoms with van der Waals surface area (Å²) in [7, 11) is 1.59. The van der Waals surface area contributed by atoms with Crippen molar-refractivity contribution in [2.75, 3.05) is 7.11 Å². The summed E-state index contributed by atoms with van der Waals surface area (Å²) in [6, 6.07) is 7.12. The van der Waals surface area contributed by atoms with E-state index >= 15 is 0 Å². The standard InChI is InChI=1S/C14H17N3O2/c1-3-12(17-14(15)18)11-8-16-13(19-2)10-7-5-4-6-9(10)11/h4-8,12H,3H2,1-2H3,(H3,15,17,18). The molecular formula is C14H17N3O2. The lowest BCUT2D eigenvalue weighted by atomic mass is 9.99. The maximum Gasteiger partial charge on any atom is 0.312 e. The lowest BCUT2D eigenvalue weighted by molar-refractivity contribution is 0.245. The van der Waals surface area contributed by atoms with Gasteiger partial charge in [-0.2, -0.15) is 0 Å². The fraction of sp³-hybridized carbons (Fsp3) is 0.286. The zero-order valence-electron chi connectivity index (χ0n) is 11.0. The van der Waals surface area contributed by atoms with Crippen molar-refractivity contribution in [3.8, 4) is 5.88 Å². The minimum absolute atomic E-state index is 0.152. The molecule has 0 aliphatic carbocycles. The van der Waals surface area contributed by atoms with Crippen molar-refractivity contribution in [3.05, 3.63) is 36.0 Å². The van der Waals surface area contributed by atoms with Crippen LogP contribution in [0.15, 0.2) is 30.5 Å². The average molecular weight is 259 g/mol. The third-order valence-electron chi connectivity index (χ3n) is 3.08. The molecule has 100 valence electrons. The molecule has 1 aromatic heterocycles. The normalized spacial score (nSPS) is 12.1. The fourth-order valence-electron chi connectivity index (χ4n) is 2.20. The maximum absolute atomic E-state index is 11.1. The number of nitrogens with two attached hydrogens (primary N) is 1. The number of rotatable bonds is 4. The summed E-state index contributed by atoms with van der Waals surface area (Å²) in [6.45, 7) is 1.99. The zero-order valence-corrected chi connectivity index (χ0v) is 11.0. The highest BCUT2D eigenvalue weighted by Gasteiger charge is 2.16. The first kappa shape index (κ1) is 13.1. The van der Waals surface area contributed by atoms with E-state index < -0.39 is 6.03 Å². The number of carbonyl (C=O) groups excluding carboxylic acids is 1. The number of nitrogens with zero attached hydrogens (tertiary/aromatic N) is 1. The Kier molecular flexibility index (Phi) is 3.85. The maximum atomic E-state index is 11.1. The van der Waals surface area contributed by atoms with Gasteiger partial charge in [0.2, 0.25) is 5.88 Å². The number of primary amides is 1. The van der Waals surface area contributed by atoms with Crippen LogP contribution in [0.4, 0.5) is 4.79 Å². The van der Waals surface area contributed by atoms with Gasteiger partial charge in [0.15, 0.2) is 0 Å². The van der Waals surface area contributed by atoms with Crippen LogP contribution in [0.3, 0.4) is 0 Å². The summed E-state index contributed by atoms with van der Waals surface area (Å²) in [4.78, 5) is 15.4. The van der Waals surface area contributed by atoms with Crippen molar-refractivity contribution in [1.29, 1.82) is 0 Å². The zero-order chi connectivity index (χ0) is 13.8. The molecule has 0 radical (unpaired) electrons. The molecule has 0 bridgehead atoms. The van der Waals surface area contributed by atoms with Crippen LogP contribution in [0, 0.1) is 0 Å². The third kappa shape index (κ3) is 2.59. The summed E-state index contributed by atoms with van der Waals surface area (Å²) in [5.41, 5.74) is 6.15. The number of urea groups is 1. The van der Waals surface area contributed by atoms with Gasteiger partial charge < -0.3 is 15.8 Å². The Morgan fingerprint density at radius 1 is 1.42 bits per heavy atom. The molecule has 2 rings (SSSR count). The largest absolute Gasteiger partial charge is 0.481 e. The first-order valence-corrected chi connectivity index (χ1v) is 6.15. The number of hydrogen-bond acceptors (Lipinski definition) is 3. The quantitative estimate of drug-likeness (QED) is 0.884. The Morgan fingerprint density at radius 2 is 2.11 bits per heavy atom. The summed E-state index contributed by atoms with van der Waals surface area (Å²) in [6.07, 6.45) is 2.46.